The third-order valence-electron chi connectivity index (χ3n) is 7.48. The summed E-state index contributed by atoms with van der Waals surface area (Å²) in [5.41, 5.74) is 3.01. The number of halogens is 1. The number of hydrogen-bond acceptors (Lipinski definition) is 11. The Labute approximate surface area is 268 Å². The summed E-state index contributed by atoms with van der Waals surface area (Å²) in [7, 11) is -1.33. The number of aromatic nitrogens is 3. The van der Waals surface area contributed by atoms with E-state index in [2.05, 4.69) is 35.8 Å². The molecule has 0 atom stereocenters. The van der Waals surface area contributed by atoms with Crippen molar-refractivity contribution in [1.29, 1.82) is 0 Å². The van der Waals surface area contributed by atoms with Gasteiger partial charge in [-0.05, 0) is 55.3 Å². The van der Waals surface area contributed by atoms with E-state index in [1.54, 1.807) is 19.2 Å². The molecule has 0 radical (unpaired) electrons. The lowest BCUT2D eigenvalue weighted by atomic mass is 10.2. The summed E-state index contributed by atoms with van der Waals surface area (Å²) >= 11 is 1.28. The Balaban J connectivity index is 1.11. The molecule has 0 spiro atoms. The van der Waals surface area contributed by atoms with Gasteiger partial charge < -0.3 is 25.0 Å². The molecule has 3 N–H and O–H groups in total. The van der Waals surface area contributed by atoms with E-state index in [1.807, 2.05) is 37.3 Å². The van der Waals surface area contributed by atoms with Crippen LogP contribution in [0.15, 0.2) is 54.9 Å². The molecular formula is C31H32FN7O5S2. The lowest BCUT2D eigenvalue weighted by Crippen LogP contribution is -2.40. The molecule has 0 unspecified atom stereocenters. The van der Waals surface area contributed by atoms with Crippen molar-refractivity contribution in [3.8, 4) is 11.5 Å². The van der Waals surface area contributed by atoms with Crippen molar-refractivity contribution in [3.05, 3.63) is 66.2 Å². The SMILES string of the molecule is COc1cc2c(Nc3ccc4nc(NC(=O)Nc5cc(C)ccc5F)sc4c3)ncnc2cc1OCCCN1CCS(=O)(=O)CC1. The van der Waals surface area contributed by atoms with E-state index in [-0.39, 0.29) is 17.2 Å². The summed E-state index contributed by atoms with van der Waals surface area (Å²) in [6, 6.07) is 13.1. The summed E-state index contributed by atoms with van der Waals surface area (Å²) in [6.07, 6.45) is 2.21. The van der Waals surface area contributed by atoms with Crippen molar-refractivity contribution >= 4 is 70.6 Å². The van der Waals surface area contributed by atoms with E-state index in [0.717, 1.165) is 34.3 Å². The Hall–Kier alpha value is -4.60. The molecule has 2 aromatic heterocycles. The molecule has 15 heteroatoms. The first-order chi connectivity index (χ1) is 22.2. The van der Waals surface area contributed by atoms with Crippen molar-refractivity contribution < 1.29 is 27.1 Å². The molecule has 2 amide bonds. The van der Waals surface area contributed by atoms with Crippen LogP contribution in [0.1, 0.15) is 12.0 Å². The number of thiazole rings is 1. The van der Waals surface area contributed by atoms with Gasteiger partial charge in [-0.15, -0.1) is 0 Å². The van der Waals surface area contributed by atoms with Crippen molar-refractivity contribution in [2.24, 2.45) is 0 Å². The van der Waals surface area contributed by atoms with Crippen LogP contribution in [0.25, 0.3) is 21.1 Å². The fourth-order valence-corrected chi connectivity index (χ4v) is 7.24. The molecule has 1 saturated heterocycles. The van der Waals surface area contributed by atoms with E-state index >= 15 is 0 Å². The molecule has 6 rings (SSSR count). The van der Waals surface area contributed by atoms with Gasteiger partial charge in [-0.2, -0.15) is 0 Å². The number of amides is 2. The number of carbonyl (C=O) groups excluding carboxylic acids is 1. The fraction of sp³-hybridized carbons (Fsp3) is 0.290. The number of nitrogens with one attached hydrogen (secondary N) is 3. The van der Waals surface area contributed by atoms with Crippen LogP contribution in [0, 0.1) is 12.7 Å². The second-order valence-electron chi connectivity index (χ2n) is 10.8. The minimum atomic E-state index is -2.90. The van der Waals surface area contributed by atoms with Crippen LogP contribution in [0.5, 0.6) is 11.5 Å². The van der Waals surface area contributed by atoms with Gasteiger partial charge in [0, 0.05) is 36.8 Å². The number of fused-ring (bicyclic) bond motifs is 2. The average molecular weight is 666 g/mol. The van der Waals surface area contributed by atoms with Crippen molar-refractivity contribution in [2.45, 2.75) is 13.3 Å². The van der Waals surface area contributed by atoms with Crippen LogP contribution in [0.3, 0.4) is 0 Å². The van der Waals surface area contributed by atoms with E-state index < -0.39 is 21.7 Å². The van der Waals surface area contributed by atoms with Gasteiger partial charge in [0.25, 0.3) is 0 Å². The first-order valence-electron chi connectivity index (χ1n) is 14.6. The number of sulfone groups is 1. The van der Waals surface area contributed by atoms with Crippen LogP contribution in [0.4, 0.5) is 31.5 Å². The molecule has 1 fully saturated rings. The van der Waals surface area contributed by atoms with E-state index in [0.29, 0.717) is 53.2 Å². The number of methoxy groups -OCH3 is 1. The number of benzene rings is 3. The second kappa shape index (κ2) is 13.4. The monoisotopic (exact) mass is 665 g/mol. The fourth-order valence-electron chi connectivity index (χ4n) is 5.06. The molecule has 3 aromatic carbocycles. The average Bonchev–Trinajstić information content (AvgIpc) is 3.43. The zero-order chi connectivity index (χ0) is 32.3. The lowest BCUT2D eigenvalue weighted by Gasteiger charge is -2.26. The highest BCUT2D eigenvalue weighted by molar-refractivity contribution is 7.91. The number of urea groups is 1. The zero-order valence-corrected chi connectivity index (χ0v) is 26.8. The maximum atomic E-state index is 14.1. The number of hydrogen-bond donors (Lipinski definition) is 3. The predicted molar refractivity (Wildman–Crippen MR) is 178 cm³/mol. The normalized spacial score (nSPS) is 14.7. The molecule has 1 aliphatic rings. The Morgan fingerprint density at radius 2 is 1.85 bits per heavy atom. The summed E-state index contributed by atoms with van der Waals surface area (Å²) in [5, 5.41) is 9.64. The standard InChI is InChI=1S/C31H32FN7O5S2/c1-19-4-6-22(32)25(14-19)36-30(40)38-31-37-23-7-5-20(15-28(23)45-31)35-29-21-16-26(43-2)27(17-24(21)33-18-34-29)44-11-3-8-39-9-12-46(41,42)13-10-39/h4-7,14-18H,3,8-13H2,1-2H3,(H,33,34,35)(H2,36,37,38,40). The number of nitrogens with zero attached hydrogens (tertiary/aromatic N) is 4. The van der Waals surface area contributed by atoms with Gasteiger partial charge in [0.05, 0.1) is 46.6 Å². The molecular weight excluding hydrogens is 634 g/mol. The van der Waals surface area contributed by atoms with E-state index in [1.165, 1.54) is 23.7 Å². The Morgan fingerprint density at radius 1 is 1.02 bits per heavy atom. The molecule has 0 aliphatic carbocycles. The minimum absolute atomic E-state index is 0.0894. The number of aryl methyl sites for hydroxylation is 1. The summed E-state index contributed by atoms with van der Waals surface area (Å²) in [4.78, 5) is 28.0. The predicted octanol–water partition coefficient (Wildman–Crippen LogP) is 5.58. The van der Waals surface area contributed by atoms with Crippen LogP contribution in [0.2, 0.25) is 0 Å². The molecule has 1 aliphatic heterocycles. The largest absolute Gasteiger partial charge is 0.493 e. The minimum Gasteiger partial charge on any atom is -0.493 e. The van der Waals surface area contributed by atoms with Crippen molar-refractivity contribution in [2.75, 3.05) is 60.8 Å². The highest BCUT2D eigenvalue weighted by atomic mass is 32.2. The Bertz CT molecular complexity index is 2010. The summed E-state index contributed by atoms with van der Waals surface area (Å²) in [6.45, 7) is 4.11. The van der Waals surface area contributed by atoms with Gasteiger partial charge in [0.1, 0.15) is 18.0 Å². The van der Waals surface area contributed by atoms with E-state index in [9.17, 15) is 17.6 Å². The molecule has 0 bridgehead atoms. The third-order valence-corrected chi connectivity index (χ3v) is 10.0. The molecule has 240 valence electrons. The topological polar surface area (TPSA) is 148 Å². The first-order valence-corrected chi connectivity index (χ1v) is 17.2. The van der Waals surface area contributed by atoms with Crippen molar-refractivity contribution in [3.63, 3.8) is 0 Å². The highest BCUT2D eigenvalue weighted by Crippen LogP contribution is 2.36. The van der Waals surface area contributed by atoms with E-state index in [4.69, 9.17) is 9.47 Å². The maximum Gasteiger partial charge on any atom is 0.325 e. The highest BCUT2D eigenvalue weighted by Gasteiger charge is 2.21. The smallest absolute Gasteiger partial charge is 0.325 e. The first kappa shape index (κ1) is 31.4. The van der Waals surface area contributed by atoms with Gasteiger partial charge in [-0.25, -0.2) is 32.6 Å². The van der Waals surface area contributed by atoms with Crippen LogP contribution in [-0.4, -0.2) is 79.2 Å². The number of carbonyl (C=O) groups is 1. The molecule has 46 heavy (non-hydrogen) atoms. The second-order valence-corrected chi connectivity index (χ2v) is 14.2. The van der Waals surface area contributed by atoms with Gasteiger partial charge in [-0.3, -0.25) is 5.32 Å². The number of anilines is 4. The van der Waals surface area contributed by atoms with Crippen LogP contribution >= 0.6 is 11.3 Å². The maximum absolute atomic E-state index is 14.1. The number of rotatable bonds is 10. The van der Waals surface area contributed by atoms with Gasteiger partial charge in [-0.1, -0.05) is 17.4 Å². The molecule has 3 heterocycles. The zero-order valence-electron chi connectivity index (χ0n) is 25.2. The molecule has 0 saturated carbocycles. The van der Waals surface area contributed by atoms with Gasteiger partial charge in [0.2, 0.25) is 0 Å². The summed E-state index contributed by atoms with van der Waals surface area (Å²) in [5.74, 6) is 1.54. The molecule has 5 aromatic rings. The molecule has 12 nitrogen and oxygen atoms in total. The summed E-state index contributed by atoms with van der Waals surface area (Å²) < 4.78 is 49.9. The van der Waals surface area contributed by atoms with Crippen LogP contribution < -0.4 is 25.4 Å². The van der Waals surface area contributed by atoms with Gasteiger partial charge in [0.15, 0.2) is 26.5 Å². The Kier molecular flexibility index (Phi) is 9.15. The quantitative estimate of drug-likeness (QED) is 0.162. The number of ether oxygens (including phenoxy) is 2. The lowest BCUT2D eigenvalue weighted by molar-refractivity contribution is 0.240. The van der Waals surface area contributed by atoms with Crippen LogP contribution in [-0.2, 0) is 9.84 Å². The third kappa shape index (κ3) is 7.43. The van der Waals surface area contributed by atoms with Gasteiger partial charge >= 0.3 is 6.03 Å². The van der Waals surface area contributed by atoms with Crippen molar-refractivity contribution in [1.82, 2.24) is 19.9 Å². The Morgan fingerprint density at radius 3 is 2.65 bits per heavy atom.